The van der Waals surface area contributed by atoms with Crippen LogP contribution in [0.4, 0.5) is 0 Å². The van der Waals surface area contributed by atoms with Crippen molar-refractivity contribution in [3.05, 3.63) is 69.4 Å². The first-order valence-electron chi connectivity index (χ1n) is 13.3. The highest BCUT2D eigenvalue weighted by Crippen LogP contribution is 2.50. The molecule has 0 spiro atoms. The number of benzene rings is 3. The van der Waals surface area contributed by atoms with Crippen LogP contribution in [0.5, 0.6) is 28.7 Å². The number of amides is 1. The van der Waals surface area contributed by atoms with Gasteiger partial charge in [-0.2, -0.15) is 0 Å². The number of phenols is 1. The number of carbonyl (C=O) groups excluding carboxylic acids is 1. The van der Waals surface area contributed by atoms with Crippen LogP contribution in [0.1, 0.15) is 39.4 Å². The van der Waals surface area contributed by atoms with Crippen LogP contribution in [0, 0.1) is 20.8 Å². The lowest BCUT2D eigenvalue weighted by atomic mass is 9.82. The van der Waals surface area contributed by atoms with Crippen molar-refractivity contribution in [3.63, 3.8) is 0 Å². The Morgan fingerprint density at radius 2 is 1.55 bits per heavy atom. The number of hydrogen-bond acceptors (Lipinski definition) is 9. The summed E-state index contributed by atoms with van der Waals surface area (Å²) < 4.78 is 50.8. The fourth-order valence-corrected chi connectivity index (χ4v) is 7.54. The van der Waals surface area contributed by atoms with Crippen LogP contribution in [0.3, 0.4) is 0 Å². The average Bonchev–Trinajstić information content (AvgIpc) is 2.97. The van der Waals surface area contributed by atoms with Crippen LogP contribution < -0.4 is 29.6 Å². The fourth-order valence-electron chi connectivity index (χ4n) is 5.88. The molecule has 2 aliphatic rings. The Hall–Kier alpha value is -4.22. The number of methoxy groups -OCH3 is 4. The van der Waals surface area contributed by atoms with Crippen molar-refractivity contribution in [2.75, 3.05) is 28.4 Å². The highest BCUT2D eigenvalue weighted by molar-refractivity contribution is 7.91. The van der Waals surface area contributed by atoms with Gasteiger partial charge in [0, 0.05) is 34.4 Å². The van der Waals surface area contributed by atoms with E-state index in [0.717, 1.165) is 5.56 Å². The number of ether oxygens (including phenoxy) is 4. The van der Waals surface area contributed by atoms with E-state index in [1.165, 1.54) is 28.4 Å². The molecule has 0 saturated carbocycles. The average molecular weight is 595 g/mol. The lowest BCUT2D eigenvalue weighted by molar-refractivity contribution is -0.124. The highest BCUT2D eigenvalue weighted by atomic mass is 32.2. The number of fused-ring (bicyclic) bond motifs is 4. The molecular weight excluding hydrogens is 560 g/mol. The Kier molecular flexibility index (Phi) is 7.59. The molecule has 3 aromatic rings. The zero-order valence-electron chi connectivity index (χ0n) is 24.5. The van der Waals surface area contributed by atoms with Crippen molar-refractivity contribution in [1.82, 2.24) is 10.6 Å². The molecule has 0 radical (unpaired) electrons. The van der Waals surface area contributed by atoms with Crippen molar-refractivity contribution in [3.8, 4) is 28.7 Å². The first kappa shape index (κ1) is 29.3. The van der Waals surface area contributed by atoms with Gasteiger partial charge in [-0.05, 0) is 50.6 Å². The molecule has 2 aliphatic heterocycles. The topological polar surface area (TPSA) is 132 Å². The van der Waals surface area contributed by atoms with Crippen molar-refractivity contribution in [2.24, 2.45) is 0 Å². The molecule has 1 saturated heterocycles. The van der Waals surface area contributed by atoms with Crippen LogP contribution in [0.15, 0.2) is 45.8 Å². The second kappa shape index (κ2) is 10.9. The highest BCUT2D eigenvalue weighted by Gasteiger charge is 2.43. The van der Waals surface area contributed by atoms with Gasteiger partial charge in [0.15, 0.2) is 23.0 Å². The summed E-state index contributed by atoms with van der Waals surface area (Å²) in [6.07, 6.45) is 1.85. The lowest BCUT2D eigenvalue weighted by Crippen LogP contribution is -2.56. The third-order valence-corrected chi connectivity index (χ3v) is 9.89. The summed E-state index contributed by atoms with van der Waals surface area (Å²) in [7, 11) is 1.86. The minimum atomic E-state index is -4.05. The summed E-state index contributed by atoms with van der Waals surface area (Å²) in [5.41, 5.74) is 3.60. The maximum atomic E-state index is 14.1. The van der Waals surface area contributed by atoms with E-state index in [9.17, 15) is 18.3 Å². The van der Waals surface area contributed by atoms with E-state index in [4.69, 9.17) is 18.9 Å². The molecule has 3 aromatic carbocycles. The van der Waals surface area contributed by atoms with Crippen LogP contribution >= 0.6 is 0 Å². The molecule has 0 unspecified atom stereocenters. The van der Waals surface area contributed by atoms with Crippen molar-refractivity contribution in [2.45, 2.75) is 49.1 Å². The number of rotatable bonds is 7. The number of piperazine rings is 1. The number of sulfone groups is 1. The minimum absolute atomic E-state index is 0.0141. The Morgan fingerprint density at radius 3 is 2.14 bits per heavy atom. The van der Waals surface area contributed by atoms with Gasteiger partial charge in [0.25, 0.3) is 0 Å². The Balaban J connectivity index is 1.80. The summed E-state index contributed by atoms with van der Waals surface area (Å²) in [4.78, 5) is 13.3. The van der Waals surface area contributed by atoms with Gasteiger partial charge in [-0.15, -0.1) is 0 Å². The molecule has 0 aliphatic carbocycles. The van der Waals surface area contributed by atoms with Crippen molar-refractivity contribution >= 4 is 21.8 Å². The van der Waals surface area contributed by atoms with E-state index < -0.39 is 21.9 Å². The van der Waals surface area contributed by atoms with Gasteiger partial charge in [-0.3, -0.25) is 10.1 Å². The number of nitrogens with one attached hydrogen (secondary N) is 2. The van der Waals surface area contributed by atoms with Gasteiger partial charge in [-0.1, -0.05) is 17.7 Å². The number of phenolic OH excluding ortho intramolecular Hbond substituents is 1. The predicted octanol–water partition coefficient (Wildman–Crippen LogP) is 3.91. The molecule has 2 atom stereocenters. The monoisotopic (exact) mass is 594 g/mol. The molecule has 5 rings (SSSR count). The normalized spacial score (nSPS) is 18.7. The number of carbonyl (C=O) groups is 1. The largest absolute Gasteiger partial charge is 0.507 e. The third kappa shape index (κ3) is 4.53. The predicted molar refractivity (Wildman–Crippen MR) is 156 cm³/mol. The summed E-state index contributed by atoms with van der Waals surface area (Å²) in [5.74, 6) is 1.11. The quantitative estimate of drug-likeness (QED) is 0.372. The smallest absolute Gasteiger partial charge is 0.241 e. The zero-order chi connectivity index (χ0) is 30.5. The Bertz CT molecular complexity index is 1730. The van der Waals surface area contributed by atoms with Gasteiger partial charge in [0.1, 0.15) is 5.75 Å². The Labute approximate surface area is 245 Å². The summed E-state index contributed by atoms with van der Waals surface area (Å²) in [6, 6.07) is 6.89. The molecule has 2 heterocycles. The maximum absolute atomic E-state index is 14.1. The first-order chi connectivity index (χ1) is 20.0. The molecule has 2 bridgehead atoms. The van der Waals surface area contributed by atoms with Crippen molar-refractivity contribution in [1.29, 1.82) is 0 Å². The second-order valence-electron chi connectivity index (χ2n) is 10.3. The second-order valence-corrected chi connectivity index (χ2v) is 12.2. The standard InChI is InChI=1S/C31H34N2O8S/c1-15-8-10-19(11-9-15)42(36,37)30-17(3)27(39-5)23(38-4)13-18(30)12-21-25-24-20(14-22(32-25)31(35)33-21)26(34)16(2)28(40-6)29(24)41-7/h8-13,22,25,32,34H,14H2,1-7H3,(H,33,35)/b21-12-/t22-,25-/m0/s1. The molecule has 3 N–H and O–H groups in total. The van der Waals surface area contributed by atoms with E-state index >= 15 is 0 Å². The molecule has 42 heavy (non-hydrogen) atoms. The Morgan fingerprint density at radius 1 is 0.905 bits per heavy atom. The van der Waals surface area contributed by atoms with E-state index in [-0.39, 0.29) is 39.2 Å². The van der Waals surface area contributed by atoms with Crippen LogP contribution in [-0.2, 0) is 21.1 Å². The summed E-state index contributed by atoms with van der Waals surface area (Å²) in [6.45, 7) is 5.26. The van der Waals surface area contributed by atoms with Gasteiger partial charge in [-0.25, -0.2) is 8.42 Å². The van der Waals surface area contributed by atoms with E-state index in [0.29, 0.717) is 45.2 Å². The first-order valence-corrected chi connectivity index (χ1v) is 14.8. The van der Waals surface area contributed by atoms with Crippen molar-refractivity contribution < 1.29 is 37.3 Å². The molecule has 11 heteroatoms. The molecule has 1 amide bonds. The van der Waals surface area contributed by atoms with Crippen LogP contribution in [0.25, 0.3) is 6.08 Å². The lowest BCUT2D eigenvalue weighted by Gasteiger charge is -2.40. The summed E-state index contributed by atoms with van der Waals surface area (Å²) in [5, 5.41) is 17.4. The minimum Gasteiger partial charge on any atom is -0.507 e. The number of aromatic hydroxyl groups is 1. The zero-order valence-corrected chi connectivity index (χ0v) is 25.4. The number of aryl methyl sites for hydroxylation is 1. The van der Waals surface area contributed by atoms with Gasteiger partial charge in [0.05, 0.1) is 50.3 Å². The fraction of sp³-hybridized carbons (Fsp3) is 0.323. The molecule has 1 fully saturated rings. The SMILES string of the molecule is COc1cc(/C=C2\NC(=O)[C@@H]3Cc4c(O)c(C)c(OC)c(OC)c4[C@H]2N3)c(S(=O)(=O)c2ccc(C)cc2)c(C)c1OC. The van der Waals surface area contributed by atoms with Crippen LogP contribution in [0.2, 0.25) is 0 Å². The third-order valence-electron chi connectivity index (χ3n) is 7.91. The maximum Gasteiger partial charge on any atom is 0.241 e. The van der Waals surface area contributed by atoms with E-state index in [2.05, 4.69) is 10.6 Å². The summed E-state index contributed by atoms with van der Waals surface area (Å²) >= 11 is 0. The van der Waals surface area contributed by atoms with Crippen LogP contribution in [-0.4, -0.2) is 53.9 Å². The molecule has 222 valence electrons. The molecule has 10 nitrogen and oxygen atoms in total. The molecule has 0 aromatic heterocycles. The molecular formula is C31H34N2O8S. The van der Waals surface area contributed by atoms with E-state index in [1.807, 2.05) is 6.92 Å². The number of hydrogen-bond donors (Lipinski definition) is 3. The van der Waals surface area contributed by atoms with Gasteiger partial charge in [0.2, 0.25) is 15.7 Å². The van der Waals surface area contributed by atoms with Gasteiger partial charge < -0.3 is 29.4 Å². The van der Waals surface area contributed by atoms with E-state index in [1.54, 1.807) is 50.3 Å². The van der Waals surface area contributed by atoms with Gasteiger partial charge >= 0.3 is 0 Å².